The summed E-state index contributed by atoms with van der Waals surface area (Å²) >= 11 is 6.08. The zero-order chi connectivity index (χ0) is 17.6. The number of hydrogen-bond donors (Lipinski definition) is 0. The van der Waals surface area contributed by atoms with Crippen molar-refractivity contribution in [3.8, 4) is 0 Å². The molecule has 2 fully saturated rings. The van der Waals surface area contributed by atoms with E-state index in [1.54, 1.807) is 0 Å². The molecule has 2 aliphatic rings. The van der Waals surface area contributed by atoms with Gasteiger partial charge in [-0.05, 0) is 62.4 Å². The lowest BCUT2D eigenvalue weighted by Crippen LogP contribution is -2.51. The van der Waals surface area contributed by atoms with Gasteiger partial charge in [-0.1, -0.05) is 44.5 Å². The highest BCUT2D eigenvalue weighted by atomic mass is 35.5. The largest absolute Gasteiger partial charge is 0.373 e. The SMILES string of the molecule is CN(C)CCOC1(Cc2ccc(Cl)cc2)CC2CCC1(C)C2(C)C. The molecule has 0 saturated heterocycles. The summed E-state index contributed by atoms with van der Waals surface area (Å²) in [4.78, 5) is 2.21. The minimum Gasteiger partial charge on any atom is -0.373 e. The van der Waals surface area contributed by atoms with Gasteiger partial charge in [0.05, 0.1) is 12.2 Å². The zero-order valence-electron chi connectivity index (χ0n) is 15.9. The van der Waals surface area contributed by atoms with E-state index in [2.05, 4.69) is 51.9 Å². The molecule has 0 aliphatic heterocycles. The van der Waals surface area contributed by atoms with Crippen LogP contribution in [0.5, 0.6) is 0 Å². The molecule has 3 rings (SSSR count). The molecule has 2 saturated carbocycles. The first-order chi connectivity index (χ1) is 11.2. The summed E-state index contributed by atoms with van der Waals surface area (Å²) in [5, 5.41) is 0.806. The third-order valence-corrected chi connectivity index (χ3v) is 7.59. The fraction of sp³-hybridized carbons (Fsp3) is 0.714. The number of benzene rings is 1. The van der Waals surface area contributed by atoms with E-state index in [9.17, 15) is 0 Å². The lowest BCUT2D eigenvalue weighted by Gasteiger charge is -2.49. The minimum absolute atomic E-state index is 0.0523. The molecule has 0 heterocycles. The first kappa shape index (κ1) is 18.2. The first-order valence-corrected chi connectivity index (χ1v) is 9.61. The molecule has 1 aromatic rings. The summed E-state index contributed by atoms with van der Waals surface area (Å²) in [5.41, 5.74) is 1.87. The summed E-state index contributed by atoms with van der Waals surface area (Å²) in [6.45, 7) is 9.18. The van der Waals surface area contributed by atoms with E-state index in [1.165, 1.54) is 24.8 Å². The number of fused-ring (bicyclic) bond motifs is 2. The van der Waals surface area contributed by atoms with Crippen molar-refractivity contribution in [1.29, 1.82) is 0 Å². The molecule has 24 heavy (non-hydrogen) atoms. The Kier molecular flexibility index (Phi) is 4.79. The maximum absolute atomic E-state index is 6.73. The van der Waals surface area contributed by atoms with Crippen molar-refractivity contribution in [3.63, 3.8) is 0 Å². The van der Waals surface area contributed by atoms with E-state index in [4.69, 9.17) is 16.3 Å². The fourth-order valence-electron chi connectivity index (χ4n) is 5.28. The third kappa shape index (κ3) is 2.81. The standard InChI is InChI=1S/C21H32ClNO/c1-19(2)17-10-11-20(19,3)21(15-17,24-13-12-23(4)5)14-16-6-8-18(22)9-7-16/h6-9,17H,10-15H2,1-5H3. The zero-order valence-corrected chi connectivity index (χ0v) is 16.6. The molecule has 2 bridgehead atoms. The fourth-order valence-corrected chi connectivity index (χ4v) is 5.41. The van der Waals surface area contributed by atoms with Gasteiger partial charge in [-0.2, -0.15) is 0 Å². The summed E-state index contributed by atoms with van der Waals surface area (Å²) in [7, 11) is 4.23. The number of likely N-dealkylation sites (N-methyl/N-ethyl adjacent to an activating group) is 1. The van der Waals surface area contributed by atoms with Crippen LogP contribution < -0.4 is 0 Å². The van der Waals surface area contributed by atoms with Crippen molar-refractivity contribution in [2.45, 2.75) is 52.1 Å². The van der Waals surface area contributed by atoms with Crippen LogP contribution in [-0.2, 0) is 11.2 Å². The smallest absolute Gasteiger partial charge is 0.0784 e. The Labute approximate surface area is 152 Å². The summed E-state index contributed by atoms with van der Waals surface area (Å²) in [5.74, 6) is 0.772. The quantitative estimate of drug-likeness (QED) is 0.712. The van der Waals surface area contributed by atoms with Gasteiger partial charge in [-0.3, -0.25) is 0 Å². The molecule has 1 aromatic carbocycles. The average Bonchev–Trinajstić information content (AvgIpc) is 2.81. The van der Waals surface area contributed by atoms with E-state index < -0.39 is 0 Å². The molecular formula is C21H32ClNO. The van der Waals surface area contributed by atoms with Crippen LogP contribution in [0.25, 0.3) is 0 Å². The second kappa shape index (κ2) is 6.30. The van der Waals surface area contributed by atoms with Crippen molar-refractivity contribution < 1.29 is 4.74 Å². The van der Waals surface area contributed by atoms with Gasteiger partial charge in [0.15, 0.2) is 0 Å². The number of halogens is 1. The lowest BCUT2D eigenvalue weighted by molar-refractivity contribution is -0.140. The number of hydrogen-bond acceptors (Lipinski definition) is 2. The maximum atomic E-state index is 6.73. The molecule has 0 spiro atoms. The van der Waals surface area contributed by atoms with Crippen LogP contribution in [0, 0.1) is 16.7 Å². The summed E-state index contributed by atoms with van der Waals surface area (Å²) < 4.78 is 6.73. The van der Waals surface area contributed by atoms with E-state index in [0.29, 0.717) is 5.41 Å². The van der Waals surface area contributed by atoms with Crippen LogP contribution in [-0.4, -0.2) is 37.7 Å². The Bertz CT molecular complexity index is 582. The minimum atomic E-state index is -0.0523. The monoisotopic (exact) mass is 349 g/mol. The predicted octanol–water partition coefficient (Wildman–Crippen LogP) is 5.05. The Hall–Kier alpha value is -0.570. The highest BCUT2D eigenvalue weighted by molar-refractivity contribution is 6.30. The normalized spacial score (nSPS) is 34.2. The molecule has 3 atom stereocenters. The predicted molar refractivity (Wildman–Crippen MR) is 102 cm³/mol. The van der Waals surface area contributed by atoms with Crippen LogP contribution in [0.2, 0.25) is 5.02 Å². The van der Waals surface area contributed by atoms with Gasteiger partial charge in [-0.15, -0.1) is 0 Å². The molecule has 2 aliphatic carbocycles. The van der Waals surface area contributed by atoms with Gasteiger partial charge in [-0.25, -0.2) is 0 Å². The van der Waals surface area contributed by atoms with Gasteiger partial charge >= 0.3 is 0 Å². The summed E-state index contributed by atoms with van der Waals surface area (Å²) in [6.07, 6.45) is 4.81. The third-order valence-electron chi connectivity index (χ3n) is 7.34. The number of rotatable bonds is 6. The molecular weight excluding hydrogens is 318 g/mol. The summed E-state index contributed by atoms with van der Waals surface area (Å²) in [6, 6.07) is 8.35. The highest BCUT2D eigenvalue weighted by Gasteiger charge is 2.69. The van der Waals surface area contributed by atoms with Gasteiger partial charge in [0.25, 0.3) is 0 Å². The van der Waals surface area contributed by atoms with Crippen LogP contribution in [0.4, 0.5) is 0 Å². The van der Waals surface area contributed by atoms with Crippen LogP contribution in [0.15, 0.2) is 24.3 Å². The Morgan fingerprint density at radius 3 is 2.33 bits per heavy atom. The van der Waals surface area contributed by atoms with Crippen LogP contribution in [0.3, 0.4) is 0 Å². The maximum Gasteiger partial charge on any atom is 0.0784 e. The van der Waals surface area contributed by atoms with Crippen molar-refractivity contribution in [1.82, 2.24) is 4.90 Å². The Morgan fingerprint density at radius 1 is 1.17 bits per heavy atom. The molecule has 0 aromatic heterocycles. The number of nitrogens with zero attached hydrogens (tertiary/aromatic N) is 1. The second-order valence-electron chi connectivity index (χ2n) is 8.94. The van der Waals surface area contributed by atoms with Gasteiger partial charge < -0.3 is 9.64 Å². The van der Waals surface area contributed by atoms with E-state index in [1.807, 2.05) is 12.1 Å². The topological polar surface area (TPSA) is 12.5 Å². The van der Waals surface area contributed by atoms with Crippen molar-refractivity contribution in [2.24, 2.45) is 16.7 Å². The molecule has 0 radical (unpaired) electrons. The molecule has 134 valence electrons. The van der Waals surface area contributed by atoms with Crippen molar-refractivity contribution in [2.75, 3.05) is 27.2 Å². The van der Waals surface area contributed by atoms with Gasteiger partial charge in [0.2, 0.25) is 0 Å². The van der Waals surface area contributed by atoms with Crippen LogP contribution >= 0.6 is 11.6 Å². The molecule has 3 heteroatoms. The Morgan fingerprint density at radius 2 is 1.83 bits per heavy atom. The molecule has 0 N–H and O–H groups in total. The molecule has 0 amide bonds. The lowest BCUT2D eigenvalue weighted by atomic mass is 9.62. The molecule has 3 unspecified atom stereocenters. The molecule has 2 nitrogen and oxygen atoms in total. The first-order valence-electron chi connectivity index (χ1n) is 9.23. The van der Waals surface area contributed by atoms with Crippen molar-refractivity contribution in [3.05, 3.63) is 34.9 Å². The van der Waals surface area contributed by atoms with E-state index in [0.717, 1.165) is 30.5 Å². The van der Waals surface area contributed by atoms with E-state index >= 15 is 0 Å². The second-order valence-corrected chi connectivity index (χ2v) is 9.38. The van der Waals surface area contributed by atoms with E-state index in [-0.39, 0.29) is 11.0 Å². The average molecular weight is 350 g/mol. The van der Waals surface area contributed by atoms with Gasteiger partial charge in [0, 0.05) is 23.4 Å². The Balaban J connectivity index is 1.89. The number of ether oxygens (including phenoxy) is 1. The highest BCUT2D eigenvalue weighted by Crippen LogP contribution is 2.71. The van der Waals surface area contributed by atoms with Gasteiger partial charge in [0.1, 0.15) is 0 Å². The van der Waals surface area contributed by atoms with Crippen LogP contribution in [0.1, 0.15) is 45.6 Å². The van der Waals surface area contributed by atoms with Crippen molar-refractivity contribution >= 4 is 11.6 Å².